The molecule has 28 heavy (non-hydrogen) atoms. The molecule has 8 heteroatoms. The SMILES string of the molecule is CCN(c1ccc(C(=O)N2CCNCC2c2cccnc2)cn1)C(C)C.Cl.Cl. The first-order valence-corrected chi connectivity index (χ1v) is 9.26. The molecule has 1 aliphatic rings. The lowest BCUT2D eigenvalue weighted by atomic mass is 10.0. The predicted octanol–water partition coefficient (Wildman–Crippen LogP) is 3.34. The van der Waals surface area contributed by atoms with Gasteiger partial charge >= 0.3 is 0 Å². The maximum absolute atomic E-state index is 13.1. The largest absolute Gasteiger partial charge is 0.354 e. The molecule has 2 aromatic rings. The van der Waals surface area contributed by atoms with Crippen molar-refractivity contribution < 1.29 is 4.79 Å². The highest BCUT2D eigenvalue weighted by Crippen LogP contribution is 2.24. The van der Waals surface area contributed by atoms with Gasteiger partial charge in [0.25, 0.3) is 5.91 Å². The number of halogens is 2. The number of nitrogens with one attached hydrogen (secondary N) is 1. The quantitative estimate of drug-likeness (QED) is 0.795. The Labute approximate surface area is 179 Å². The lowest BCUT2D eigenvalue weighted by molar-refractivity contribution is 0.0633. The van der Waals surface area contributed by atoms with Crippen molar-refractivity contribution in [2.45, 2.75) is 32.9 Å². The Morgan fingerprint density at radius 1 is 1.29 bits per heavy atom. The van der Waals surface area contributed by atoms with Crippen LogP contribution in [0.2, 0.25) is 0 Å². The first-order chi connectivity index (χ1) is 12.6. The number of pyridine rings is 2. The summed E-state index contributed by atoms with van der Waals surface area (Å²) in [5.74, 6) is 0.926. The van der Waals surface area contributed by atoms with Crippen molar-refractivity contribution in [3.05, 3.63) is 54.0 Å². The molecule has 0 saturated carbocycles. The number of piperazine rings is 1. The van der Waals surface area contributed by atoms with Crippen LogP contribution in [0.5, 0.6) is 0 Å². The second-order valence-corrected chi connectivity index (χ2v) is 6.79. The standard InChI is InChI=1S/C20H27N5O.2ClH/c1-4-24(15(2)3)19-8-7-17(13-23-19)20(26)25-11-10-22-14-18(25)16-6-5-9-21-12-16;;/h5-9,12-13,15,18,22H,4,10-11,14H2,1-3H3;2*1H. The van der Waals surface area contributed by atoms with E-state index in [2.05, 4.69) is 41.0 Å². The predicted molar refractivity (Wildman–Crippen MR) is 118 cm³/mol. The summed E-state index contributed by atoms with van der Waals surface area (Å²) >= 11 is 0. The van der Waals surface area contributed by atoms with Gasteiger partial charge < -0.3 is 15.1 Å². The first kappa shape index (κ1) is 24.1. The van der Waals surface area contributed by atoms with Gasteiger partial charge in [-0.25, -0.2) is 4.98 Å². The summed E-state index contributed by atoms with van der Waals surface area (Å²) in [4.78, 5) is 26.0. The van der Waals surface area contributed by atoms with E-state index in [-0.39, 0.29) is 36.8 Å². The van der Waals surface area contributed by atoms with Crippen molar-refractivity contribution in [2.24, 2.45) is 0 Å². The molecule has 0 spiro atoms. The fourth-order valence-corrected chi connectivity index (χ4v) is 3.46. The number of amides is 1. The van der Waals surface area contributed by atoms with Gasteiger partial charge in [-0.05, 0) is 44.5 Å². The second kappa shape index (κ2) is 11.2. The van der Waals surface area contributed by atoms with Crippen LogP contribution >= 0.6 is 24.8 Å². The number of anilines is 1. The average molecular weight is 426 g/mol. The van der Waals surface area contributed by atoms with Crippen molar-refractivity contribution >= 4 is 36.5 Å². The summed E-state index contributed by atoms with van der Waals surface area (Å²) in [7, 11) is 0. The van der Waals surface area contributed by atoms with Crippen LogP contribution in [-0.2, 0) is 0 Å². The van der Waals surface area contributed by atoms with Gasteiger partial charge in [0.1, 0.15) is 5.82 Å². The molecule has 1 amide bonds. The van der Waals surface area contributed by atoms with E-state index in [1.165, 1.54) is 0 Å². The number of nitrogens with zero attached hydrogens (tertiary/aromatic N) is 4. The van der Waals surface area contributed by atoms with Crippen LogP contribution in [0.25, 0.3) is 0 Å². The molecule has 1 fully saturated rings. The number of aromatic nitrogens is 2. The molecule has 6 nitrogen and oxygen atoms in total. The molecule has 0 aromatic carbocycles. The fraction of sp³-hybridized carbons (Fsp3) is 0.450. The summed E-state index contributed by atoms with van der Waals surface area (Å²) < 4.78 is 0. The zero-order valence-electron chi connectivity index (χ0n) is 16.5. The average Bonchev–Trinajstić information content (AvgIpc) is 2.69. The molecule has 1 N–H and O–H groups in total. The van der Waals surface area contributed by atoms with E-state index in [9.17, 15) is 4.79 Å². The van der Waals surface area contributed by atoms with Crippen LogP contribution in [0.15, 0.2) is 42.9 Å². The minimum atomic E-state index is -0.00701. The van der Waals surface area contributed by atoms with Gasteiger partial charge in [-0.15, -0.1) is 24.8 Å². The van der Waals surface area contributed by atoms with Crippen LogP contribution < -0.4 is 10.2 Å². The number of rotatable bonds is 5. The van der Waals surface area contributed by atoms with Crippen LogP contribution in [0.1, 0.15) is 42.7 Å². The fourth-order valence-electron chi connectivity index (χ4n) is 3.46. The molecule has 0 radical (unpaired) electrons. The molecule has 3 rings (SSSR count). The molecule has 0 bridgehead atoms. The molecule has 2 aromatic heterocycles. The summed E-state index contributed by atoms with van der Waals surface area (Å²) in [6.45, 7) is 9.49. The third kappa shape index (κ3) is 5.34. The minimum Gasteiger partial charge on any atom is -0.354 e. The van der Waals surface area contributed by atoms with Crippen LogP contribution in [0, 0.1) is 0 Å². The summed E-state index contributed by atoms with van der Waals surface area (Å²) in [6, 6.07) is 8.13. The van der Waals surface area contributed by atoms with Crippen molar-refractivity contribution in [3.8, 4) is 0 Å². The van der Waals surface area contributed by atoms with E-state index in [4.69, 9.17) is 0 Å². The molecule has 0 aliphatic carbocycles. The van der Waals surface area contributed by atoms with Crippen LogP contribution in [0.3, 0.4) is 0 Å². The van der Waals surface area contributed by atoms with Crippen molar-refractivity contribution in [1.29, 1.82) is 0 Å². The van der Waals surface area contributed by atoms with Crippen LogP contribution in [-0.4, -0.2) is 53.0 Å². The Bertz CT molecular complexity index is 727. The van der Waals surface area contributed by atoms with Crippen molar-refractivity contribution in [1.82, 2.24) is 20.2 Å². The Morgan fingerprint density at radius 3 is 2.64 bits per heavy atom. The van der Waals surface area contributed by atoms with Crippen molar-refractivity contribution in [2.75, 3.05) is 31.1 Å². The Balaban J connectivity index is 0.00000196. The maximum Gasteiger partial charge on any atom is 0.256 e. The van der Waals surface area contributed by atoms with Gasteiger partial charge in [0.15, 0.2) is 0 Å². The highest BCUT2D eigenvalue weighted by Gasteiger charge is 2.29. The molecule has 154 valence electrons. The normalized spacial score (nSPS) is 16.1. The van der Waals surface area contributed by atoms with E-state index >= 15 is 0 Å². The minimum absolute atomic E-state index is 0. The van der Waals surface area contributed by atoms with Crippen LogP contribution in [0.4, 0.5) is 5.82 Å². The number of hydrogen-bond donors (Lipinski definition) is 1. The zero-order valence-corrected chi connectivity index (χ0v) is 18.2. The van der Waals surface area contributed by atoms with E-state index in [1.54, 1.807) is 12.4 Å². The van der Waals surface area contributed by atoms with E-state index in [0.29, 0.717) is 18.2 Å². The molecule has 1 aliphatic heterocycles. The van der Waals surface area contributed by atoms with E-state index in [1.807, 2.05) is 35.4 Å². The van der Waals surface area contributed by atoms with Gasteiger partial charge in [-0.1, -0.05) is 6.07 Å². The van der Waals surface area contributed by atoms with Gasteiger partial charge in [0.2, 0.25) is 0 Å². The van der Waals surface area contributed by atoms with Gasteiger partial charge in [-0.2, -0.15) is 0 Å². The smallest absolute Gasteiger partial charge is 0.256 e. The molecular formula is C20H29Cl2N5O. The number of hydrogen-bond acceptors (Lipinski definition) is 5. The third-order valence-electron chi connectivity index (χ3n) is 4.83. The molecular weight excluding hydrogens is 397 g/mol. The Morgan fingerprint density at radius 2 is 2.07 bits per heavy atom. The molecule has 1 atom stereocenters. The number of carbonyl (C=O) groups excluding carboxylic acids is 1. The first-order valence-electron chi connectivity index (χ1n) is 9.26. The molecule has 1 unspecified atom stereocenters. The lowest BCUT2D eigenvalue weighted by Crippen LogP contribution is -2.48. The van der Waals surface area contributed by atoms with E-state index < -0.39 is 0 Å². The van der Waals surface area contributed by atoms with Gasteiger partial charge in [-0.3, -0.25) is 9.78 Å². The third-order valence-corrected chi connectivity index (χ3v) is 4.83. The van der Waals surface area contributed by atoms with Gasteiger partial charge in [0.05, 0.1) is 11.6 Å². The van der Waals surface area contributed by atoms with Gasteiger partial charge in [0, 0.05) is 50.8 Å². The summed E-state index contributed by atoms with van der Waals surface area (Å²) in [5, 5.41) is 3.37. The van der Waals surface area contributed by atoms with Crippen molar-refractivity contribution in [3.63, 3.8) is 0 Å². The van der Waals surface area contributed by atoms with E-state index in [0.717, 1.165) is 31.0 Å². The molecule has 3 heterocycles. The topological polar surface area (TPSA) is 61.4 Å². The molecule has 1 saturated heterocycles. The highest BCUT2D eigenvalue weighted by molar-refractivity contribution is 5.94. The second-order valence-electron chi connectivity index (χ2n) is 6.79. The summed E-state index contributed by atoms with van der Waals surface area (Å²) in [5.41, 5.74) is 1.68. The Kier molecular flexibility index (Phi) is 9.65. The maximum atomic E-state index is 13.1. The number of carbonyl (C=O) groups is 1. The lowest BCUT2D eigenvalue weighted by Gasteiger charge is -2.36. The monoisotopic (exact) mass is 425 g/mol. The highest BCUT2D eigenvalue weighted by atomic mass is 35.5. The summed E-state index contributed by atoms with van der Waals surface area (Å²) in [6.07, 6.45) is 5.29. The zero-order chi connectivity index (χ0) is 18.5. The Hall–Kier alpha value is -1.89.